The number of amides is 3. The molecule has 0 saturated carbocycles. The van der Waals surface area contributed by atoms with Gasteiger partial charge in [0.05, 0.1) is 19.1 Å². The molecule has 0 bridgehead atoms. The Kier molecular flexibility index (Phi) is 8.37. The van der Waals surface area contributed by atoms with Crippen molar-refractivity contribution in [3.8, 4) is 17.2 Å². The van der Waals surface area contributed by atoms with Crippen molar-refractivity contribution in [3.05, 3.63) is 87.8 Å². The van der Waals surface area contributed by atoms with Crippen LogP contribution in [-0.2, 0) is 16.2 Å². The van der Waals surface area contributed by atoms with Gasteiger partial charge in [-0.3, -0.25) is 19.3 Å². The Bertz CT molecular complexity index is 1340. The van der Waals surface area contributed by atoms with E-state index in [9.17, 15) is 14.4 Å². The lowest BCUT2D eigenvalue weighted by molar-refractivity contribution is -0.127. The van der Waals surface area contributed by atoms with Gasteiger partial charge in [-0.2, -0.15) is 0 Å². The number of nitrogens with zero attached hydrogens (tertiary/aromatic N) is 1. The second-order valence-corrected chi connectivity index (χ2v) is 9.30. The first-order chi connectivity index (χ1) is 17.9. The van der Waals surface area contributed by atoms with E-state index in [1.54, 1.807) is 67.8 Å². The number of anilines is 1. The van der Waals surface area contributed by atoms with E-state index in [1.165, 1.54) is 7.11 Å². The van der Waals surface area contributed by atoms with E-state index in [0.29, 0.717) is 40.1 Å². The normalized spacial score (nSPS) is 14.1. The molecule has 0 atom stereocenters. The van der Waals surface area contributed by atoms with Crippen molar-refractivity contribution in [3.63, 3.8) is 0 Å². The molecule has 0 unspecified atom stereocenters. The second kappa shape index (κ2) is 11.9. The minimum absolute atomic E-state index is 0.208. The Labute approximate surface area is 223 Å². The van der Waals surface area contributed by atoms with Crippen LogP contribution in [0.1, 0.15) is 11.1 Å². The summed E-state index contributed by atoms with van der Waals surface area (Å²) in [6.07, 6.45) is 1.58. The fourth-order valence-electron chi connectivity index (χ4n) is 3.44. The number of ether oxygens (including phenoxy) is 3. The highest BCUT2D eigenvalue weighted by atomic mass is 35.5. The van der Waals surface area contributed by atoms with Gasteiger partial charge in [-0.15, -0.1) is 0 Å². The number of carbonyl (C=O) groups is 3. The first-order valence-electron chi connectivity index (χ1n) is 11.1. The van der Waals surface area contributed by atoms with Gasteiger partial charge in [0, 0.05) is 10.7 Å². The summed E-state index contributed by atoms with van der Waals surface area (Å²) in [5.41, 5.74) is 2.11. The van der Waals surface area contributed by atoms with E-state index in [0.717, 1.165) is 22.2 Å². The van der Waals surface area contributed by atoms with E-state index in [2.05, 4.69) is 5.32 Å². The highest BCUT2D eigenvalue weighted by molar-refractivity contribution is 8.18. The maximum Gasteiger partial charge on any atom is 0.294 e. The first-order valence-corrected chi connectivity index (χ1v) is 12.3. The summed E-state index contributed by atoms with van der Waals surface area (Å²) in [7, 11) is 3.06. The first kappa shape index (κ1) is 26.1. The molecule has 1 N–H and O–H groups in total. The van der Waals surface area contributed by atoms with E-state index < -0.39 is 23.6 Å². The standard InChI is InChI=1S/C27H23ClN2O6S/c1-34-21-10-8-20(9-11-21)29-25(31)15-30-26(32)24(37-27(30)33)14-18-5-12-22(23(13-18)35-2)36-16-17-3-6-19(28)7-4-17/h3-14H,15-16H2,1-2H3,(H,29,31)/b24-14+. The molecule has 3 aromatic rings. The molecule has 0 spiro atoms. The summed E-state index contributed by atoms with van der Waals surface area (Å²) in [5.74, 6) is 0.616. The van der Waals surface area contributed by atoms with E-state index in [1.807, 2.05) is 12.1 Å². The van der Waals surface area contributed by atoms with Crippen molar-refractivity contribution in [2.45, 2.75) is 6.61 Å². The van der Waals surface area contributed by atoms with E-state index in [4.69, 9.17) is 25.8 Å². The third-order valence-electron chi connectivity index (χ3n) is 5.34. The zero-order valence-electron chi connectivity index (χ0n) is 20.0. The van der Waals surface area contributed by atoms with E-state index in [-0.39, 0.29) is 4.91 Å². The van der Waals surface area contributed by atoms with Crippen molar-refractivity contribution in [1.82, 2.24) is 4.90 Å². The number of halogens is 1. The summed E-state index contributed by atoms with van der Waals surface area (Å²) >= 11 is 6.69. The molecular weight excluding hydrogens is 516 g/mol. The lowest BCUT2D eigenvalue weighted by Crippen LogP contribution is -2.36. The van der Waals surface area contributed by atoms with Gasteiger partial charge in [0.2, 0.25) is 5.91 Å². The summed E-state index contributed by atoms with van der Waals surface area (Å²) in [6, 6.07) is 19.2. The molecule has 4 rings (SSSR count). The number of carbonyl (C=O) groups excluding carboxylic acids is 3. The number of thioether (sulfide) groups is 1. The Hall–Kier alpha value is -3.95. The van der Waals surface area contributed by atoms with Crippen LogP contribution in [0.4, 0.5) is 10.5 Å². The van der Waals surface area contributed by atoms with Crippen LogP contribution < -0.4 is 19.5 Å². The molecule has 1 aliphatic heterocycles. The SMILES string of the molecule is COc1ccc(NC(=O)CN2C(=O)S/C(=C/c3ccc(OCc4ccc(Cl)cc4)c(OC)c3)C2=O)cc1. The Morgan fingerprint density at radius 2 is 1.70 bits per heavy atom. The quantitative estimate of drug-likeness (QED) is 0.354. The topological polar surface area (TPSA) is 94.2 Å². The van der Waals surface area contributed by atoms with Gasteiger partial charge in [-0.1, -0.05) is 29.8 Å². The average Bonchev–Trinajstić information content (AvgIpc) is 3.16. The monoisotopic (exact) mass is 538 g/mol. The van der Waals surface area contributed by atoms with E-state index >= 15 is 0 Å². The number of methoxy groups -OCH3 is 2. The van der Waals surface area contributed by atoms with Crippen LogP contribution in [0.5, 0.6) is 17.2 Å². The smallest absolute Gasteiger partial charge is 0.294 e. The molecule has 3 amide bonds. The molecule has 190 valence electrons. The average molecular weight is 539 g/mol. The Morgan fingerprint density at radius 3 is 2.38 bits per heavy atom. The number of nitrogens with one attached hydrogen (secondary N) is 1. The van der Waals surface area contributed by atoms with Crippen molar-refractivity contribution >= 4 is 52.2 Å². The van der Waals surface area contributed by atoms with Gasteiger partial charge in [-0.05, 0) is 77.5 Å². The van der Waals surface area contributed by atoms with Crippen LogP contribution in [0.2, 0.25) is 5.02 Å². The molecule has 37 heavy (non-hydrogen) atoms. The second-order valence-electron chi connectivity index (χ2n) is 7.87. The molecule has 1 aliphatic rings. The molecule has 1 fully saturated rings. The van der Waals surface area contributed by atoms with Crippen molar-refractivity contribution in [2.75, 3.05) is 26.1 Å². The zero-order chi connectivity index (χ0) is 26.4. The number of hydrogen-bond donors (Lipinski definition) is 1. The fourth-order valence-corrected chi connectivity index (χ4v) is 4.41. The van der Waals surface area contributed by atoms with Crippen LogP contribution in [0.3, 0.4) is 0 Å². The maximum atomic E-state index is 12.9. The highest BCUT2D eigenvalue weighted by Crippen LogP contribution is 2.35. The van der Waals surface area contributed by atoms with Crippen LogP contribution >= 0.6 is 23.4 Å². The molecule has 0 aliphatic carbocycles. The minimum Gasteiger partial charge on any atom is -0.497 e. The highest BCUT2D eigenvalue weighted by Gasteiger charge is 2.36. The molecule has 1 heterocycles. The van der Waals surface area contributed by atoms with Crippen LogP contribution in [0.25, 0.3) is 6.08 Å². The number of benzene rings is 3. The summed E-state index contributed by atoms with van der Waals surface area (Å²) in [4.78, 5) is 38.9. The molecule has 8 nitrogen and oxygen atoms in total. The lowest BCUT2D eigenvalue weighted by Gasteiger charge is -2.13. The van der Waals surface area contributed by atoms with Crippen LogP contribution in [0.15, 0.2) is 71.6 Å². The summed E-state index contributed by atoms with van der Waals surface area (Å²) < 4.78 is 16.4. The Morgan fingerprint density at radius 1 is 0.973 bits per heavy atom. The largest absolute Gasteiger partial charge is 0.497 e. The molecule has 10 heteroatoms. The minimum atomic E-state index is -0.540. The predicted octanol–water partition coefficient (Wildman–Crippen LogP) is 5.61. The van der Waals surface area contributed by atoms with Gasteiger partial charge >= 0.3 is 0 Å². The van der Waals surface area contributed by atoms with Crippen LogP contribution in [0, 0.1) is 0 Å². The zero-order valence-corrected chi connectivity index (χ0v) is 21.6. The predicted molar refractivity (Wildman–Crippen MR) is 143 cm³/mol. The Balaban J connectivity index is 1.40. The molecular formula is C27H23ClN2O6S. The molecule has 0 radical (unpaired) electrons. The number of hydrogen-bond acceptors (Lipinski definition) is 7. The van der Waals surface area contributed by atoms with Crippen LogP contribution in [-0.4, -0.2) is 42.7 Å². The molecule has 0 aromatic heterocycles. The van der Waals surface area contributed by atoms with Crippen molar-refractivity contribution in [1.29, 1.82) is 0 Å². The van der Waals surface area contributed by atoms with Gasteiger partial charge in [0.15, 0.2) is 11.5 Å². The summed E-state index contributed by atoms with van der Waals surface area (Å²) in [6.45, 7) is -0.0703. The third-order valence-corrected chi connectivity index (χ3v) is 6.50. The molecule has 1 saturated heterocycles. The summed E-state index contributed by atoms with van der Waals surface area (Å²) in [5, 5.41) is 2.80. The molecule has 3 aromatic carbocycles. The fraction of sp³-hybridized carbons (Fsp3) is 0.148. The number of rotatable bonds is 9. The maximum absolute atomic E-state index is 12.9. The number of imide groups is 1. The van der Waals surface area contributed by atoms with Crippen molar-refractivity contribution < 1.29 is 28.6 Å². The lowest BCUT2D eigenvalue weighted by atomic mass is 10.1. The van der Waals surface area contributed by atoms with Gasteiger partial charge in [0.1, 0.15) is 18.9 Å². The van der Waals surface area contributed by atoms with Gasteiger partial charge in [0.25, 0.3) is 11.1 Å². The van der Waals surface area contributed by atoms with Gasteiger partial charge in [-0.25, -0.2) is 0 Å². The van der Waals surface area contributed by atoms with Gasteiger partial charge < -0.3 is 19.5 Å². The van der Waals surface area contributed by atoms with Crippen molar-refractivity contribution in [2.24, 2.45) is 0 Å². The third kappa shape index (κ3) is 6.63.